The van der Waals surface area contributed by atoms with Crippen LogP contribution in [0, 0.1) is 11.8 Å². The highest BCUT2D eigenvalue weighted by Gasteiger charge is 2.42. The van der Waals surface area contributed by atoms with Gasteiger partial charge in [0.15, 0.2) is 0 Å². The molecule has 2 bridgehead atoms. The smallest absolute Gasteiger partial charge is 0.223 e. The van der Waals surface area contributed by atoms with Gasteiger partial charge in [-0.15, -0.1) is 0 Å². The van der Waals surface area contributed by atoms with Crippen LogP contribution in [0.15, 0.2) is 18.2 Å². The number of ether oxygens (including phenoxy) is 2. The number of fused-ring (bicyclic) bond motifs is 6. The van der Waals surface area contributed by atoms with Gasteiger partial charge in [0.05, 0.1) is 25.9 Å². The van der Waals surface area contributed by atoms with Crippen molar-refractivity contribution in [2.45, 2.75) is 82.4 Å². The van der Waals surface area contributed by atoms with Gasteiger partial charge in [-0.05, 0) is 93.0 Å². The van der Waals surface area contributed by atoms with Crippen molar-refractivity contribution in [1.82, 2.24) is 10.2 Å². The Morgan fingerprint density at radius 2 is 2.10 bits per heavy atom. The van der Waals surface area contributed by atoms with Crippen molar-refractivity contribution in [3.05, 3.63) is 29.3 Å². The summed E-state index contributed by atoms with van der Waals surface area (Å²) in [6, 6.07) is 7.05. The van der Waals surface area contributed by atoms with E-state index in [9.17, 15) is 4.79 Å². The molecule has 0 radical (unpaired) electrons. The monoisotopic (exact) mass is 426 g/mol. The third kappa shape index (κ3) is 4.63. The molecule has 2 aliphatic carbocycles. The molecule has 0 spiro atoms. The van der Waals surface area contributed by atoms with Gasteiger partial charge in [-0.1, -0.05) is 13.0 Å². The van der Waals surface area contributed by atoms with Crippen LogP contribution in [0.25, 0.3) is 0 Å². The van der Waals surface area contributed by atoms with Gasteiger partial charge < -0.3 is 14.8 Å². The van der Waals surface area contributed by atoms with Crippen molar-refractivity contribution < 1.29 is 14.3 Å². The Bertz CT molecular complexity index is 819. The van der Waals surface area contributed by atoms with Crippen LogP contribution in [-0.4, -0.2) is 55.8 Å². The zero-order valence-electron chi connectivity index (χ0n) is 19.4. The first-order chi connectivity index (χ1) is 14.9. The lowest BCUT2D eigenvalue weighted by Crippen LogP contribution is -2.53. The van der Waals surface area contributed by atoms with Crippen molar-refractivity contribution >= 4 is 5.91 Å². The number of methoxy groups -OCH3 is 1. The van der Waals surface area contributed by atoms with Crippen molar-refractivity contribution in [1.29, 1.82) is 0 Å². The van der Waals surface area contributed by atoms with Crippen molar-refractivity contribution in [3.8, 4) is 5.75 Å². The number of nitrogens with one attached hydrogen (secondary N) is 1. The van der Waals surface area contributed by atoms with Crippen LogP contribution < -0.4 is 10.1 Å². The van der Waals surface area contributed by atoms with E-state index in [1.807, 2.05) is 0 Å². The van der Waals surface area contributed by atoms with Crippen molar-refractivity contribution in [2.75, 3.05) is 26.8 Å². The van der Waals surface area contributed by atoms with E-state index in [1.165, 1.54) is 30.5 Å². The Morgan fingerprint density at radius 1 is 1.29 bits per heavy atom. The van der Waals surface area contributed by atoms with Gasteiger partial charge >= 0.3 is 0 Å². The Balaban J connectivity index is 1.51. The first kappa shape index (κ1) is 21.3. The van der Waals surface area contributed by atoms with Crippen LogP contribution in [0.4, 0.5) is 0 Å². The predicted octanol–water partition coefficient (Wildman–Crippen LogP) is 3.68. The van der Waals surface area contributed by atoms with E-state index in [-0.39, 0.29) is 29.4 Å². The molecule has 1 N–H and O–H groups in total. The summed E-state index contributed by atoms with van der Waals surface area (Å²) in [7, 11) is 1.75. The van der Waals surface area contributed by atoms with E-state index >= 15 is 0 Å². The molecule has 0 aromatic heterocycles. The quantitative estimate of drug-likeness (QED) is 0.780. The third-order valence-corrected chi connectivity index (χ3v) is 8.10. The zero-order chi connectivity index (χ0) is 21.6. The predicted molar refractivity (Wildman–Crippen MR) is 121 cm³/mol. The summed E-state index contributed by atoms with van der Waals surface area (Å²) in [6.07, 6.45) is 7.96. The Hall–Kier alpha value is -1.59. The molecule has 3 heterocycles. The summed E-state index contributed by atoms with van der Waals surface area (Å²) in [5, 5.41) is 3.35. The fourth-order valence-corrected chi connectivity index (χ4v) is 5.74. The molecule has 5 heteroatoms. The summed E-state index contributed by atoms with van der Waals surface area (Å²) in [4.78, 5) is 15.3. The summed E-state index contributed by atoms with van der Waals surface area (Å²) in [6.45, 7) is 7.51. The normalized spacial score (nSPS) is 34.0. The summed E-state index contributed by atoms with van der Waals surface area (Å²) in [5.41, 5.74) is 2.79. The van der Waals surface area contributed by atoms with Gasteiger partial charge in [0, 0.05) is 18.5 Å². The van der Waals surface area contributed by atoms with Crippen LogP contribution in [-0.2, 0) is 21.4 Å². The minimum atomic E-state index is -0.0257. The van der Waals surface area contributed by atoms with E-state index in [0.29, 0.717) is 12.6 Å². The Kier molecular flexibility index (Phi) is 5.76. The number of carbonyl (C=O) groups excluding carboxylic acids is 1. The van der Waals surface area contributed by atoms with E-state index in [4.69, 9.17) is 9.47 Å². The number of benzene rings is 1. The minimum absolute atomic E-state index is 0.0257. The molecule has 3 aliphatic heterocycles. The molecule has 2 saturated carbocycles. The van der Waals surface area contributed by atoms with E-state index in [1.54, 1.807) is 7.11 Å². The second kappa shape index (κ2) is 8.40. The van der Waals surface area contributed by atoms with Crippen molar-refractivity contribution in [3.63, 3.8) is 0 Å². The molecule has 1 aromatic carbocycles. The lowest BCUT2D eigenvalue weighted by Gasteiger charge is -2.46. The maximum atomic E-state index is 12.6. The highest BCUT2D eigenvalue weighted by atomic mass is 16.5. The van der Waals surface area contributed by atoms with Crippen LogP contribution >= 0.6 is 0 Å². The molecule has 4 atom stereocenters. The molecule has 1 aromatic rings. The van der Waals surface area contributed by atoms with Crippen LogP contribution in [0.2, 0.25) is 0 Å². The SMILES string of the molecule is COc1ccc2c(c1)C1(C)CCN(CC3CC3)[C@H](C2)C(C)OCC(NC(=O)C2CC2)C1. The van der Waals surface area contributed by atoms with E-state index in [2.05, 4.69) is 42.3 Å². The third-order valence-electron chi connectivity index (χ3n) is 8.10. The second-order valence-electron chi connectivity index (χ2n) is 10.8. The fraction of sp³-hybridized carbons (Fsp3) is 0.731. The molecule has 1 amide bonds. The van der Waals surface area contributed by atoms with Gasteiger partial charge in [0.25, 0.3) is 0 Å². The lowest BCUT2D eigenvalue weighted by molar-refractivity contribution is -0.124. The van der Waals surface area contributed by atoms with Gasteiger partial charge in [-0.3, -0.25) is 9.69 Å². The average molecular weight is 427 g/mol. The van der Waals surface area contributed by atoms with Gasteiger partial charge in [-0.2, -0.15) is 0 Å². The molecule has 6 rings (SSSR count). The van der Waals surface area contributed by atoms with Crippen molar-refractivity contribution in [2.24, 2.45) is 11.8 Å². The molecule has 3 unspecified atom stereocenters. The summed E-state index contributed by atoms with van der Waals surface area (Å²) in [5.74, 6) is 2.23. The first-order valence-corrected chi connectivity index (χ1v) is 12.3. The standard InChI is InChI=1S/C26H38N2O3/c1-17-24-12-20-8-9-22(30-3)13-23(20)26(2,10-11-28(24)15-18-4-5-18)14-21(16-31-17)27-25(29)19-6-7-19/h8-9,13,17-19,21,24H,4-7,10-12,14-16H2,1-3H3,(H,27,29)/t17?,21?,24-,26?/m1/s1. The highest BCUT2D eigenvalue weighted by molar-refractivity contribution is 5.81. The number of hydrogen-bond acceptors (Lipinski definition) is 4. The Labute approximate surface area is 186 Å². The molecule has 5 nitrogen and oxygen atoms in total. The van der Waals surface area contributed by atoms with E-state index < -0.39 is 0 Å². The molecular weight excluding hydrogens is 388 g/mol. The fourth-order valence-electron chi connectivity index (χ4n) is 5.74. The summed E-state index contributed by atoms with van der Waals surface area (Å²) < 4.78 is 12.1. The largest absolute Gasteiger partial charge is 0.497 e. The summed E-state index contributed by atoms with van der Waals surface area (Å²) >= 11 is 0. The lowest BCUT2D eigenvalue weighted by atomic mass is 9.70. The number of amides is 1. The second-order valence-corrected chi connectivity index (χ2v) is 10.8. The molecule has 3 fully saturated rings. The zero-order valence-corrected chi connectivity index (χ0v) is 19.4. The highest BCUT2D eigenvalue weighted by Crippen LogP contribution is 2.42. The van der Waals surface area contributed by atoms with Gasteiger partial charge in [0.1, 0.15) is 5.75 Å². The van der Waals surface area contributed by atoms with Crippen LogP contribution in [0.3, 0.4) is 0 Å². The van der Waals surface area contributed by atoms with Crippen LogP contribution in [0.1, 0.15) is 63.5 Å². The number of rotatable bonds is 5. The Morgan fingerprint density at radius 3 is 2.81 bits per heavy atom. The van der Waals surface area contributed by atoms with Gasteiger partial charge in [-0.25, -0.2) is 0 Å². The number of carbonyl (C=O) groups is 1. The van der Waals surface area contributed by atoms with E-state index in [0.717, 1.165) is 50.3 Å². The number of hydrogen-bond donors (Lipinski definition) is 1. The molecular formula is C26H38N2O3. The van der Waals surface area contributed by atoms with Crippen LogP contribution in [0.5, 0.6) is 5.75 Å². The minimum Gasteiger partial charge on any atom is -0.497 e. The molecule has 170 valence electrons. The number of nitrogens with zero attached hydrogens (tertiary/aromatic N) is 1. The maximum absolute atomic E-state index is 12.6. The first-order valence-electron chi connectivity index (χ1n) is 12.3. The topological polar surface area (TPSA) is 50.8 Å². The van der Waals surface area contributed by atoms with Gasteiger partial charge in [0.2, 0.25) is 5.91 Å². The maximum Gasteiger partial charge on any atom is 0.223 e. The molecule has 1 saturated heterocycles. The molecule has 31 heavy (non-hydrogen) atoms. The average Bonchev–Trinajstić information content (AvgIpc) is 3.66. The molecule has 5 aliphatic rings.